The molecule has 5 nitrogen and oxygen atoms in total. The summed E-state index contributed by atoms with van der Waals surface area (Å²) in [7, 11) is 0. The zero-order chi connectivity index (χ0) is 15.2. The lowest BCUT2D eigenvalue weighted by atomic mass is 10.1. The molecule has 0 amide bonds. The smallest absolute Gasteiger partial charge is 0.283 e. The van der Waals surface area contributed by atoms with E-state index < -0.39 is 0 Å². The Bertz CT molecular complexity index is 537. The van der Waals surface area contributed by atoms with Crippen molar-refractivity contribution in [1.29, 1.82) is 0 Å². The quantitative estimate of drug-likeness (QED) is 0.797. The average molecular weight is 355 g/mol. The molecule has 1 aliphatic heterocycles. The zero-order valence-corrected chi connectivity index (χ0v) is 14.1. The molecule has 21 heavy (non-hydrogen) atoms. The largest absolute Gasteiger partial charge is 0.381 e. The van der Waals surface area contributed by atoms with Crippen molar-refractivity contribution in [3.63, 3.8) is 0 Å². The van der Waals surface area contributed by atoms with Crippen molar-refractivity contribution >= 4 is 21.6 Å². The van der Waals surface area contributed by atoms with Gasteiger partial charge < -0.3 is 5.32 Å². The molecule has 0 aliphatic carbocycles. The van der Waals surface area contributed by atoms with E-state index in [0.717, 1.165) is 12.2 Å². The van der Waals surface area contributed by atoms with Gasteiger partial charge in [0.15, 0.2) is 0 Å². The van der Waals surface area contributed by atoms with Crippen LogP contribution in [0.2, 0.25) is 0 Å². The standard InChI is InChI=1S/C15H23BrN4O/c1-3-7-20-15(21)14(16)13(11-18-20)17-10-12(2)19-8-5-4-6-9-19/h3,11-12,17H,1,4-10H2,2H3. The molecule has 1 fully saturated rings. The van der Waals surface area contributed by atoms with E-state index >= 15 is 0 Å². The van der Waals surface area contributed by atoms with Crippen molar-refractivity contribution in [3.05, 3.63) is 33.7 Å². The molecule has 1 aromatic heterocycles. The molecule has 1 atom stereocenters. The highest BCUT2D eigenvalue weighted by atomic mass is 79.9. The first-order valence-corrected chi connectivity index (χ1v) is 8.27. The van der Waals surface area contributed by atoms with Crippen LogP contribution in [0, 0.1) is 0 Å². The van der Waals surface area contributed by atoms with Crippen LogP contribution in [0.5, 0.6) is 0 Å². The van der Waals surface area contributed by atoms with Crippen molar-refractivity contribution in [2.75, 3.05) is 25.0 Å². The third-order valence-corrected chi connectivity index (χ3v) is 4.66. The van der Waals surface area contributed by atoms with Crippen molar-refractivity contribution in [3.8, 4) is 0 Å². The lowest BCUT2D eigenvalue weighted by Gasteiger charge is -2.32. The highest BCUT2D eigenvalue weighted by Crippen LogP contribution is 2.17. The Kier molecular flexibility index (Phi) is 5.99. The summed E-state index contributed by atoms with van der Waals surface area (Å²) in [6, 6.07) is 0.452. The van der Waals surface area contributed by atoms with Crippen LogP contribution in [0.1, 0.15) is 26.2 Å². The van der Waals surface area contributed by atoms with Gasteiger partial charge in [0.25, 0.3) is 5.56 Å². The maximum atomic E-state index is 12.1. The molecule has 0 spiro atoms. The van der Waals surface area contributed by atoms with Gasteiger partial charge in [0.05, 0.1) is 18.4 Å². The van der Waals surface area contributed by atoms with Crippen LogP contribution >= 0.6 is 15.9 Å². The summed E-state index contributed by atoms with van der Waals surface area (Å²) in [4.78, 5) is 14.6. The fraction of sp³-hybridized carbons (Fsp3) is 0.600. The van der Waals surface area contributed by atoms with Crippen molar-refractivity contribution in [2.24, 2.45) is 0 Å². The molecule has 0 radical (unpaired) electrons. The number of hydrogen-bond acceptors (Lipinski definition) is 4. The number of allylic oxidation sites excluding steroid dienone is 1. The number of likely N-dealkylation sites (tertiary alicyclic amines) is 1. The Balaban J connectivity index is 1.98. The van der Waals surface area contributed by atoms with E-state index in [1.54, 1.807) is 12.3 Å². The molecule has 6 heteroatoms. The van der Waals surface area contributed by atoms with E-state index in [2.05, 4.69) is 44.7 Å². The Hall–Kier alpha value is -1.14. The molecule has 116 valence electrons. The fourth-order valence-corrected chi connectivity index (χ4v) is 3.03. The number of anilines is 1. The van der Waals surface area contributed by atoms with Gasteiger partial charge in [-0.25, -0.2) is 4.68 Å². The minimum absolute atomic E-state index is 0.134. The highest BCUT2D eigenvalue weighted by Gasteiger charge is 2.17. The van der Waals surface area contributed by atoms with Crippen LogP contribution in [-0.4, -0.2) is 40.4 Å². The molecule has 1 aliphatic rings. The maximum Gasteiger partial charge on any atom is 0.283 e. The summed E-state index contributed by atoms with van der Waals surface area (Å²) in [5.41, 5.74) is 0.620. The number of nitrogens with one attached hydrogen (secondary N) is 1. The van der Waals surface area contributed by atoms with Crippen molar-refractivity contribution < 1.29 is 0 Å². The van der Waals surface area contributed by atoms with Gasteiger partial charge in [-0.2, -0.15) is 5.10 Å². The first-order valence-electron chi connectivity index (χ1n) is 7.48. The van der Waals surface area contributed by atoms with Crippen molar-refractivity contribution in [2.45, 2.75) is 38.8 Å². The number of nitrogens with zero attached hydrogens (tertiary/aromatic N) is 3. The van der Waals surface area contributed by atoms with Crippen LogP contribution in [0.15, 0.2) is 28.1 Å². The van der Waals surface area contributed by atoms with Gasteiger partial charge in [-0.3, -0.25) is 9.69 Å². The van der Waals surface area contributed by atoms with Gasteiger partial charge >= 0.3 is 0 Å². The topological polar surface area (TPSA) is 50.2 Å². The first kappa shape index (κ1) is 16.2. The molecule has 1 unspecified atom stereocenters. The monoisotopic (exact) mass is 354 g/mol. The van der Waals surface area contributed by atoms with E-state index in [-0.39, 0.29) is 5.56 Å². The average Bonchev–Trinajstić information content (AvgIpc) is 2.52. The Morgan fingerprint density at radius 1 is 1.48 bits per heavy atom. The normalized spacial score (nSPS) is 17.4. The lowest BCUT2D eigenvalue weighted by molar-refractivity contribution is 0.180. The fourth-order valence-electron chi connectivity index (χ4n) is 2.59. The van der Waals surface area contributed by atoms with Gasteiger partial charge in [-0.1, -0.05) is 12.5 Å². The maximum absolute atomic E-state index is 12.1. The molecule has 1 aromatic rings. The van der Waals surface area contributed by atoms with E-state index in [1.165, 1.54) is 37.0 Å². The van der Waals surface area contributed by atoms with Crippen LogP contribution in [0.4, 0.5) is 5.69 Å². The first-order chi connectivity index (χ1) is 10.1. The minimum atomic E-state index is -0.134. The summed E-state index contributed by atoms with van der Waals surface area (Å²) in [6.07, 6.45) is 7.26. The van der Waals surface area contributed by atoms with Crippen LogP contribution in [0.25, 0.3) is 0 Å². The van der Waals surface area contributed by atoms with E-state index in [4.69, 9.17) is 0 Å². The number of halogens is 1. The second kappa shape index (κ2) is 7.75. The molecular formula is C15H23BrN4O. The zero-order valence-electron chi connectivity index (χ0n) is 12.5. The molecule has 0 aromatic carbocycles. The van der Waals surface area contributed by atoms with Gasteiger partial charge in [0.2, 0.25) is 0 Å². The van der Waals surface area contributed by atoms with Crippen LogP contribution in [0.3, 0.4) is 0 Å². The summed E-state index contributed by atoms with van der Waals surface area (Å²) >= 11 is 3.36. The number of hydrogen-bond donors (Lipinski definition) is 1. The molecule has 1 N–H and O–H groups in total. The second-order valence-corrected chi connectivity index (χ2v) is 6.27. The number of rotatable bonds is 6. The summed E-state index contributed by atoms with van der Waals surface area (Å²) in [5.74, 6) is 0. The van der Waals surface area contributed by atoms with E-state index in [9.17, 15) is 4.79 Å². The summed E-state index contributed by atoms with van der Waals surface area (Å²) < 4.78 is 1.92. The molecule has 2 heterocycles. The Morgan fingerprint density at radius 3 is 2.86 bits per heavy atom. The molecule has 2 rings (SSSR count). The molecule has 1 saturated heterocycles. The van der Waals surface area contributed by atoms with Gasteiger partial charge in [0, 0.05) is 12.6 Å². The molecular weight excluding hydrogens is 332 g/mol. The predicted octanol–water partition coefficient (Wildman–Crippen LogP) is 2.48. The van der Waals surface area contributed by atoms with Gasteiger partial charge in [-0.05, 0) is 48.8 Å². The SMILES string of the molecule is C=CCn1ncc(NCC(C)N2CCCCC2)c(Br)c1=O. The highest BCUT2D eigenvalue weighted by molar-refractivity contribution is 9.10. The second-order valence-electron chi connectivity index (χ2n) is 5.47. The van der Waals surface area contributed by atoms with Crippen LogP contribution < -0.4 is 10.9 Å². The Labute approximate surface area is 134 Å². The predicted molar refractivity (Wildman–Crippen MR) is 89.8 cm³/mol. The molecule has 0 bridgehead atoms. The minimum Gasteiger partial charge on any atom is -0.381 e. The number of piperidine rings is 1. The van der Waals surface area contributed by atoms with E-state index in [0.29, 0.717) is 17.1 Å². The third-order valence-electron chi connectivity index (χ3n) is 3.89. The lowest BCUT2D eigenvalue weighted by Crippen LogP contribution is -2.41. The van der Waals surface area contributed by atoms with E-state index in [1.807, 2.05) is 0 Å². The summed E-state index contributed by atoms with van der Waals surface area (Å²) in [6.45, 7) is 9.41. The number of aromatic nitrogens is 2. The third kappa shape index (κ3) is 4.17. The molecule has 0 saturated carbocycles. The summed E-state index contributed by atoms with van der Waals surface area (Å²) in [5, 5.41) is 7.48. The van der Waals surface area contributed by atoms with Gasteiger partial charge in [0.1, 0.15) is 4.47 Å². The Morgan fingerprint density at radius 2 is 2.19 bits per heavy atom. The van der Waals surface area contributed by atoms with Crippen LogP contribution in [-0.2, 0) is 6.54 Å². The van der Waals surface area contributed by atoms with Crippen molar-refractivity contribution in [1.82, 2.24) is 14.7 Å². The van der Waals surface area contributed by atoms with Gasteiger partial charge in [-0.15, -0.1) is 6.58 Å².